The zero-order valence-corrected chi connectivity index (χ0v) is 17.5. The van der Waals surface area contributed by atoms with Crippen LogP contribution in [0.5, 0.6) is 5.75 Å². The number of ether oxygens (including phenoxy) is 1. The molecule has 1 aromatic heterocycles. The van der Waals surface area contributed by atoms with E-state index in [9.17, 15) is 9.59 Å². The first-order valence-corrected chi connectivity index (χ1v) is 10.9. The maximum Gasteiger partial charge on any atom is 0.255 e. The quantitative estimate of drug-likeness (QED) is 0.784. The van der Waals surface area contributed by atoms with Crippen LogP contribution in [-0.2, 0) is 0 Å². The molecular weight excluding hydrogens is 378 g/mol. The molecule has 0 bridgehead atoms. The number of rotatable bonds is 1. The number of nitrogens with one attached hydrogen (secondary N) is 1. The Labute approximate surface area is 177 Å². The fourth-order valence-corrected chi connectivity index (χ4v) is 4.45. The van der Waals surface area contributed by atoms with Crippen molar-refractivity contribution in [2.75, 3.05) is 19.7 Å². The van der Waals surface area contributed by atoms with Gasteiger partial charge in [0.1, 0.15) is 5.75 Å². The Morgan fingerprint density at radius 3 is 2.90 bits per heavy atom. The van der Waals surface area contributed by atoms with Crippen LogP contribution in [0, 0.1) is 12.8 Å². The lowest BCUT2D eigenvalue weighted by Gasteiger charge is -2.39. The van der Waals surface area contributed by atoms with E-state index in [1.165, 1.54) is 0 Å². The Morgan fingerprint density at radius 1 is 1.17 bits per heavy atom. The molecule has 6 heteroatoms. The first kappa shape index (κ1) is 20.4. The van der Waals surface area contributed by atoms with Gasteiger partial charge < -0.3 is 15.0 Å². The molecule has 1 saturated heterocycles. The first-order valence-electron chi connectivity index (χ1n) is 10.9. The zero-order valence-electron chi connectivity index (χ0n) is 17.5. The summed E-state index contributed by atoms with van der Waals surface area (Å²) in [6, 6.07) is 9.38. The highest BCUT2D eigenvalue weighted by atomic mass is 16.5. The Morgan fingerprint density at radius 2 is 2.03 bits per heavy atom. The van der Waals surface area contributed by atoms with Crippen molar-refractivity contribution in [3.8, 4) is 5.75 Å². The lowest BCUT2D eigenvalue weighted by molar-refractivity contribution is 0.0604. The third-order valence-corrected chi connectivity index (χ3v) is 6.07. The summed E-state index contributed by atoms with van der Waals surface area (Å²) in [4.78, 5) is 32.1. The number of carbonyl (C=O) groups excluding carboxylic acids is 2. The third kappa shape index (κ3) is 4.64. The molecule has 1 fully saturated rings. The third-order valence-electron chi connectivity index (χ3n) is 6.07. The number of piperidine rings is 1. The molecule has 0 unspecified atom stereocenters. The zero-order chi connectivity index (χ0) is 20.9. The second kappa shape index (κ2) is 9.28. The summed E-state index contributed by atoms with van der Waals surface area (Å²) >= 11 is 0. The van der Waals surface area contributed by atoms with Gasteiger partial charge in [0.2, 0.25) is 0 Å². The van der Waals surface area contributed by atoms with Gasteiger partial charge in [-0.15, -0.1) is 0 Å². The fraction of sp³-hybridized carbons (Fsp3) is 0.458. The summed E-state index contributed by atoms with van der Waals surface area (Å²) < 4.78 is 5.85. The highest BCUT2D eigenvalue weighted by Crippen LogP contribution is 2.27. The predicted molar refractivity (Wildman–Crippen MR) is 115 cm³/mol. The molecule has 2 amide bonds. The fourth-order valence-electron chi connectivity index (χ4n) is 4.45. The van der Waals surface area contributed by atoms with Crippen LogP contribution >= 0.6 is 0 Å². The molecule has 2 aliphatic rings. The number of hydrogen-bond acceptors (Lipinski definition) is 4. The SMILES string of the molecule is Cc1cncc(C(=O)N2CC[C@H]3NC(=O)c4ccccc4OCCCCC[C@H]3C2)c1. The van der Waals surface area contributed by atoms with E-state index in [1.54, 1.807) is 12.4 Å². The smallest absolute Gasteiger partial charge is 0.255 e. The van der Waals surface area contributed by atoms with Crippen molar-refractivity contribution in [1.82, 2.24) is 15.2 Å². The maximum atomic E-state index is 13.0. The highest BCUT2D eigenvalue weighted by molar-refractivity contribution is 5.97. The van der Waals surface area contributed by atoms with Crippen molar-refractivity contribution in [3.05, 3.63) is 59.4 Å². The van der Waals surface area contributed by atoms with Gasteiger partial charge in [-0.2, -0.15) is 0 Å². The molecule has 2 aromatic rings. The number of likely N-dealkylation sites (tertiary alicyclic amines) is 1. The van der Waals surface area contributed by atoms with Crippen LogP contribution in [0.2, 0.25) is 0 Å². The molecule has 0 aliphatic carbocycles. The molecule has 158 valence electrons. The van der Waals surface area contributed by atoms with Crippen LogP contribution in [0.1, 0.15) is 58.4 Å². The number of aryl methyl sites for hydroxylation is 1. The number of para-hydroxylation sites is 1. The van der Waals surface area contributed by atoms with Gasteiger partial charge >= 0.3 is 0 Å². The molecule has 4 rings (SSSR count). The van der Waals surface area contributed by atoms with Gasteiger partial charge in [-0.3, -0.25) is 14.6 Å². The minimum Gasteiger partial charge on any atom is -0.493 e. The van der Waals surface area contributed by atoms with Crippen LogP contribution in [0.4, 0.5) is 0 Å². The molecule has 3 heterocycles. The maximum absolute atomic E-state index is 13.0. The first-order chi connectivity index (χ1) is 14.6. The van der Waals surface area contributed by atoms with Crippen molar-refractivity contribution in [2.45, 2.75) is 45.1 Å². The minimum atomic E-state index is -0.0937. The summed E-state index contributed by atoms with van der Waals surface area (Å²) in [6.07, 6.45) is 8.25. The Balaban J connectivity index is 1.51. The monoisotopic (exact) mass is 407 g/mol. The molecule has 6 nitrogen and oxygen atoms in total. The van der Waals surface area contributed by atoms with Crippen LogP contribution in [-0.4, -0.2) is 47.4 Å². The number of hydrogen-bond donors (Lipinski definition) is 1. The van der Waals surface area contributed by atoms with Crippen LogP contribution in [0.25, 0.3) is 0 Å². The van der Waals surface area contributed by atoms with E-state index >= 15 is 0 Å². The normalized spacial score (nSPS) is 22.4. The lowest BCUT2D eigenvalue weighted by atomic mass is 9.87. The average molecular weight is 408 g/mol. The van der Waals surface area contributed by atoms with Gasteiger partial charge in [0.15, 0.2) is 0 Å². The summed E-state index contributed by atoms with van der Waals surface area (Å²) in [5.41, 5.74) is 2.20. The van der Waals surface area contributed by atoms with Crippen molar-refractivity contribution >= 4 is 11.8 Å². The van der Waals surface area contributed by atoms with Gasteiger partial charge in [-0.25, -0.2) is 0 Å². The molecule has 2 atom stereocenters. The van der Waals surface area contributed by atoms with E-state index in [2.05, 4.69) is 10.3 Å². The Hall–Kier alpha value is -2.89. The van der Waals surface area contributed by atoms with E-state index in [1.807, 2.05) is 42.2 Å². The highest BCUT2D eigenvalue weighted by Gasteiger charge is 2.33. The van der Waals surface area contributed by atoms with E-state index in [0.29, 0.717) is 36.6 Å². The van der Waals surface area contributed by atoms with Crippen molar-refractivity contribution in [1.29, 1.82) is 0 Å². The number of carbonyl (C=O) groups is 2. The van der Waals surface area contributed by atoms with Crippen molar-refractivity contribution in [2.24, 2.45) is 5.92 Å². The summed E-state index contributed by atoms with van der Waals surface area (Å²) in [6.45, 7) is 3.85. The molecule has 1 aromatic carbocycles. The summed E-state index contributed by atoms with van der Waals surface area (Å²) in [5, 5.41) is 3.23. The number of benzene rings is 1. The minimum absolute atomic E-state index is 0.0286. The molecule has 1 N–H and O–H groups in total. The van der Waals surface area contributed by atoms with Crippen molar-refractivity contribution < 1.29 is 14.3 Å². The van der Waals surface area contributed by atoms with Gasteiger partial charge in [-0.05, 0) is 55.9 Å². The standard InChI is InChI=1S/C24H29N3O3/c1-17-13-19(15-25-14-17)24(29)27-11-10-21-18(16-27)7-3-2-6-12-30-22-9-5-4-8-20(22)23(28)26-21/h4-5,8-9,13-15,18,21H,2-3,6-7,10-12,16H2,1H3,(H,26,28)/t18-,21+/m0/s1. The van der Waals surface area contributed by atoms with E-state index < -0.39 is 0 Å². The van der Waals surface area contributed by atoms with E-state index in [4.69, 9.17) is 4.74 Å². The van der Waals surface area contributed by atoms with Crippen LogP contribution in [0.3, 0.4) is 0 Å². The molecular formula is C24H29N3O3. The Bertz CT molecular complexity index is 914. The Kier molecular flexibility index (Phi) is 6.31. The largest absolute Gasteiger partial charge is 0.493 e. The lowest BCUT2D eigenvalue weighted by Crippen LogP contribution is -2.52. The number of fused-ring (bicyclic) bond motifs is 2. The van der Waals surface area contributed by atoms with Crippen molar-refractivity contribution in [3.63, 3.8) is 0 Å². The second-order valence-corrected chi connectivity index (χ2v) is 8.32. The molecule has 2 aliphatic heterocycles. The number of aromatic nitrogens is 1. The molecule has 30 heavy (non-hydrogen) atoms. The van der Waals surface area contributed by atoms with Crippen LogP contribution < -0.4 is 10.1 Å². The molecule has 0 spiro atoms. The van der Waals surface area contributed by atoms with E-state index in [-0.39, 0.29) is 23.8 Å². The summed E-state index contributed by atoms with van der Waals surface area (Å²) in [5.74, 6) is 0.827. The van der Waals surface area contributed by atoms with Gasteiger partial charge in [0.25, 0.3) is 11.8 Å². The molecule has 0 radical (unpaired) electrons. The summed E-state index contributed by atoms with van der Waals surface area (Å²) in [7, 11) is 0. The van der Waals surface area contributed by atoms with Gasteiger partial charge in [0.05, 0.1) is 17.7 Å². The van der Waals surface area contributed by atoms with Gasteiger partial charge in [-0.1, -0.05) is 25.0 Å². The van der Waals surface area contributed by atoms with Gasteiger partial charge in [0, 0.05) is 31.5 Å². The molecule has 0 saturated carbocycles. The topological polar surface area (TPSA) is 71.5 Å². The number of nitrogens with zero attached hydrogens (tertiary/aromatic N) is 2. The number of amides is 2. The number of pyridine rings is 1. The van der Waals surface area contributed by atoms with Crippen LogP contribution in [0.15, 0.2) is 42.7 Å². The average Bonchev–Trinajstić information content (AvgIpc) is 2.76. The second-order valence-electron chi connectivity index (χ2n) is 8.32. The van der Waals surface area contributed by atoms with E-state index in [0.717, 1.165) is 37.7 Å². The predicted octanol–water partition coefficient (Wildman–Crippen LogP) is 3.60.